The highest BCUT2D eigenvalue weighted by Gasteiger charge is 2.17. The summed E-state index contributed by atoms with van der Waals surface area (Å²) in [5, 5.41) is 1.75. The standard InChI is InChI=1S/C10H19N3O2S2/c1-7(14)8(11)4-5-16-17-6-9(10(12)15)13(2)3/h4-5,8-9H,6,11H2,1-3H3,(H2,12,15)/b5-4+/t8-,9-/m0/s1. The summed E-state index contributed by atoms with van der Waals surface area (Å²) in [6.07, 6.45) is 1.63. The third kappa shape index (κ3) is 7.43. The van der Waals surface area contributed by atoms with Crippen LogP contribution >= 0.6 is 21.6 Å². The first-order valence-electron chi connectivity index (χ1n) is 5.03. The molecule has 0 aliphatic heterocycles. The Hall–Kier alpha value is -0.500. The minimum Gasteiger partial charge on any atom is -0.368 e. The molecule has 98 valence electrons. The fourth-order valence-corrected chi connectivity index (χ4v) is 2.91. The number of hydrogen-bond acceptors (Lipinski definition) is 6. The smallest absolute Gasteiger partial charge is 0.235 e. The number of Topliss-reactive ketones (excluding diaryl/α,β-unsaturated/α-hetero) is 1. The molecule has 5 nitrogen and oxygen atoms in total. The molecule has 0 rings (SSSR count). The zero-order valence-electron chi connectivity index (χ0n) is 10.3. The van der Waals surface area contributed by atoms with Crippen molar-refractivity contribution in [1.29, 1.82) is 0 Å². The Morgan fingerprint density at radius 2 is 2.00 bits per heavy atom. The number of carbonyl (C=O) groups is 2. The van der Waals surface area contributed by atoms with Gasteiger partial charge < -0.3 is 11.5 Å². The maximum atomic E-state index is 11.1. The van der Waals surface area contributed by atoms with E-state index in [-0.39, 0.29) is 17.7 Å². The van der Waals surface area contributed by atoms with Gasteiger partial charge in [-0.3, -0.25) is 14.5 Å². The van der Waals surface area contributed by atoms with Crippen molar-refractivity contribution in [2.45, 2.75) is 19.0 Å². The van der Waals surface area contributed by atoms with Crippen LogP contribution in [-0.2, 0) is 9.59 Å². The normalized spacial score (nSPS) is 15.1. The van der Waals surface area contributed by atoms with Crippen molar-refractivity contribution < 1.29 is 9.59 Å². The number of hydrogen-bond donors (Lipinski definition) is 2. The van der Waals surface area contributed by atoms with Crippen LogP contribution in [0.2, 0.25) is 0 Å². The van der Waals surface area contributed by atoms with Crippen molar-refractivity contribution in [3.63, 3.8) is 0 Å². The van der Waals surface area contributed by atoms with Gasteiger partial charge >= 0.3 is 0 Å². The third-order valence-electron chi connectivity index (χ3n) is 2.06. The number of carbonyl (C=O) groups excluding carboxylic acids is 2. The summed E-state index contributed by atoms with van der Waals surface area (Å²) in [5.41, 5.74) is 10.8. The van der Waals surface area contributed by atoms with E-state index in [2.05, 4.69) is 0 Å². The average Bonchev–Trinajstić information content (AvgIpc) is 2.21. The summed E-state index contributed by atoms with van der Waals surface area (Å²) in [6.45, 7) is 1.45. The molecule has 1 amide bonds. The van der Waals surface area contributed by atoms with Crippen LogP contribution in [0.25, 0.3) is 0 Å². The van der Waals surface area contributed by atoms with Crippen LogP contribution in [0.4, 0.5) is 0 Å². The fraction of sp³-hybridized carbons (Fsp3) is 0.600. The Kier molecular flexibility index (Phi) is 8.32. The SMILES string of the molecule is CC(=O)[C@@H](N)/C=C/SSC[C@@H](C(N)=O)N(C)C. The highest BCUT2D eigenvalue weighted by molar-refractivity contribution is 8.77. The van der Waals surface area contributed by atoms with E-state index in [1.54, 1.807) is 16.4 Å². The molecule has 4 N–H and O–H groups in total. The van der Waals surface area contributed by atoms with E-state index in [0.717, 1.165) is 0 Å². The lowest BCUT2D eigenvalue weighted by Gasteiger charge is -2.19. The van der Waals surface area contributed by atoms with Crippen molar-refractivity contribution >= 4 is 33.3 Å². The van der Waals surface area contributed by atoms with Crippen LogP contribution in [0.1, 0.15) is 6.92 Å². The van der Waals surface area contributed by atoms with E-state index in [1.165, 1.54) is 28.5 Å². The van der Waals surface area contributed by atoms with E-state index in [4.69, 9.17) is 11.5 Å². The average molecular weight is 277 g/mol. The zero-order valence-corrected chi connectivity index (χ0v) is 11.9. The minimum atomic E-state index is -0.552. The topological polar surface area (TPSA) is 89.4 Å². The summed E-state index contributed by atoms with van der Waals surface area (Å²) in [7, 11) is 6.54. The molecule has 0 aromatic rings. The summed E-state index contributed by atoms with van der Waals surface area (Å²) in [6, 6.07) is -0.841. The van der Waals surface area contributed by atoms with Crippen molar-refractivity contribution in [3.05, 3.63) is 11.5 Å². The van der Waals surface area contributed by atoms with Gasteiger partial charge in [-0.05, 0) is 26.4 Å². The number of ketones is 1. The second kappa shape index (κ2) is 8.57. The Labute approximate surface area is 110 Å². The van der Waals surface area contributed by atoms with Crippen molar-refractivity contribution in [2.24, 2.45) is 11.5 Å². The lowest BCUT2D eigenvalue weighted by atomic mass is 10.2. The Bertz CT molecular complexity index is 295. The zero-order chi connectivity index (χ0) is 13.4. The number of nitrogens with two attached hydrogens (primary N) is 2. The minimum absolute atomic E-state index is 0.0739. The molecule has 0 saturated heterocycles. The summed E-state index contributed by atoms with van der Waals surface area (Å²) in [5.74, 6) is 0.176. The molecule has 0 radical (unpaired) electrons. The van der Waals surface area contributed by atoms with E-state index in [9.17, 15) is 9.59 Å². The molecular formula is C10H19N3O2S2. The molecule has 0 heterocycles. The highest BCUT2D eigenvalue weighted by atomic mass is 33.1. The Balaban J connectivity index is 3.91. The van der Waals surface area contributed by atoms with Gasteiger partial charge in [-0.1, -0.05) is 27.7 Å². The van der Waals surface area contributed by atoms with Gasteiger partial charge in [-0.25, -0.2) is 0 Å². The largest absolute Gasteiger partial charge is 0.368 e. The first-order chi connectivity index (χ1) is 7.86. The van der Waals surface area contributed by atoms with Crippen molar-refractivity contribution in [2.75, 3.05) is 19.8 Å². The molecule has 0 spiro atoms. The second-order valence-corrected chi connectivity index (χ2v) is 6.05. The molecule has 0 unspecified atom stereocenters. The van der Waals surface area contributed by atoms with Crippen LogP contribution in [0.5, 0.6) is 0 Å². The van der Waals surface area contributed by atoms with Crippen molar-refractivity contribution in [1.82, 2.24) is 4.90 Å². The number of amides is 1. The van der Waals surface area contributed by atoms with Gasteiger partial charge in [0.25, 0.3) is 0 Å². The van der Waals surface area contributed by atoms with E-state index < -0.39 is 6.04 Å². The maximum Gasteiger partial charge on any atom is 0.235 e. The van der Waals surface area contributed by atoms with Gasteiger partial charge in [0, 0.05) is 5.75 Å². The molecule has 0 aromatic heterocycles. The molecule has 0 aromatic carbocycles. The molecule has 17 heavy (non-hydrogen) atoms. The number of nitrogens with zero attached hydrogens (tertiary/aromatic N) is 1. The number of primary amides is 1. The predicted molar refractivity (Wildman–Crippen MR) is 74.5 cm³/mol. The lowest BCUT2D eigenvalue weighted by Crippen LogP contribution is -2.42. The highest BCUT2D eigenvalue weighted by Crippen LogP contribution is 2.24. The molecule has 0 aliphatic carbocycles. The molecule has 2 atom stereocenters. The van der Waals surface area contributed by atoms with Gasteiger partial charge in [0.15, 0.2) is 0 Å². The monoisotopic (exact) mass is 277 g/mol. The second-order valence-electron chi connectivity index (χ2n) is 3.73. The van der Waals surface area contributed by atoms with Gasteiger partial charge in [0.2, 0.25) is 5.91 Å². The van der Waals surface area contributed by atoms with Crippen LogP contribution in [0.15, 0.2) is 11.5 Å². The quantitative estimate of drug-likeness (QED) is 0.487. The van der Waals surface area contributed by atoms with Gasteiger partial charge in [-0.2, -0.15) is 0 Å². The molecule has 0 aliphatic rings. The first-order valence-corrected chi connectivity index (χ1v) is 7.41. The molecular weight excluding hydrogens is 258 g/mol. The van der Waals surface area contributed by atoms with Gasteiger partial charge in [0.05, 0.1) is 12.1 Å². The Morgan fingerprint density at radius 1 is 1.41 bits per heavy atom. The van der Waals surface area contributed by atoms with Gasteiger partial charge in [-0.15, -0.1) is 0 Å². The first kappa shape index (κ1) is 16.5. The number of rotatable bonds is 8. The summed E-state index contributed by atoms with van der Waals surface area (Å²) < 4.78 is 0. The van der Waals surface area contributed by atoms with E-state index in [0.29, 0.717) is 5.75 Å². The number of likely N-dealkylation sites (N-methyl/N-ethyl adjacent to an activating group) is 1. The summed E-state index contributed by atoms with van der Waals surface area (Å²) >= 11 is 0. The van der Waals surface area contributed by atoms with Crippen molar-refractivity contribution in [3.8, 4) is 0 Å². The van der Waals surface area contributed by atoms with Crippen LogP contribution in [0, 0.1) is 0 Å². The maximum absolute atomic E-state index is 11.1. The fourth-order valence-electron chi connectivity index (χ4n) is 0.881. The predicted octanol–water partition coefficient (Wildman–Crippen LogP) is 0.213. The van der Waals surface area contributed by atoms with E-state index in [1.807, 2.05) is 14.1 Å². The molecule has 0 fully saturated rings. The molecule has 0 saturated carbocycles. The molecule has 0 bridgehead atoms. The third-order valence-corrected chi connectivity index (χ3v) is 4.06. The lowest BCUT2D eigenvalue weighted by molar-refractivity contribution is -0.121. The van der Waals surface area contributed by atoms with Crippen LogP contribution in [-0.4, -0.2) is 48.5 Å². The molecule has 7 heteroatoms. The van der Waals surface area contributed by atoms with Crippen LogP contribution < -0.4 is 11.5 Å². The van der Waals surface area contributed by atoms with E-state index >= 15 is 0 Å². The van der Waals surface area contributed by atoms with Gasteiger partial charge in [0.1, 0.15) is 5.78 Å². The summed E-state index contributed by atoms with van der Waals surface area (Å²) in [4.78, 5) is 23.7. The Morgan fingerprint density at radius 3 is 2.41 bits per heavy atom. The van der Waals surface area contributed by atoms with Crippen LogP contribution in [0.3, 0.4) is 0 Å².